The van der Waals surface area contributed by atoms with Crippen molar-refractivity contribution in [3.63, 3.8) is 0 Å². The first-order valence-corrected chi connectivity index (χ1v) is 9.36. The molecule has 1 aliphatic rings. The van der Waals surface area contributed by atoms with Crippen LogP contribution in [0.25, 0.3) is 11.1 Å². The summed E-state index contributed by atoms with van der Waals surface area (Å²) in [4.78, 5) is 0. The second-order valence-electron chi connectivity index (χ2n) is 7.11. The van der Waals surface area contributed by atoms with E-state index < -0.39 is 17.9 Å². The molecular weight excluding hydrogens is 356 g/mol. The van der Waals surface area contributed by atoms with Gasteiger partial charge in [0.2, 0.25) is 0 Å². The predicted octanol–water partition coefficient (Wildman–Crippen LogP) is 7.30. The van der Waals surface area contributed by atoms with E-state index in [4.69, 9.17) is 0 Å². The van der Waals surface area contributed by atoms with Crippen molar-refractivity contribution in [3.05, 3.63) is 59.8 Å². The number of hydrogen-bond acceptors (Lipinski definition) is 1. The maximum absolute atomic E-state index is 13.9. The van der Waals surface area contributed by atoms with Crippen molar-refractivity contribution in [2.24, 2.45) is 5.92 Å². The Labute approximate surface area is 157 Å². The number of hydrogen-bond donors (Lipinski definition) is 0. The fourth-order valence-electron chi connectivity index (χ4n) is 3.80. The van der Waals surface area contributed by atoms with Crippen molar-refractivity contribution < 1.29 is 22.3 Å². The van der Waals surface area contributed by atoms with Crippen LogP contribution in [0.3, 0.4) is 0 Å². The van der Waals surface area contributed by atoms with Gasteiger partial charge in [0.05, 0.1) is 0 Å². The van der Waals surface area contributed by atoms with E-state index in [1.165, 1.54) is 43.2 Å². The summed E-state index contributed by atoms with van der Waals surface area (Å²) in [5.41, 5.74) is 2.48. The number of ether oxygens (including phenoxy) is 1. The maximum Gasteiger partial charge on any atom is 0.573 e. The van der Waals surface area contributed by atoms with Crippen LogP contribution < -0.4 is 4.74 Å². The maximum atomic E-state index is 13.9. The average molecular weight is 379 g/mol. The van der Waals surface area contributed by atoms with Gasteiger partial charge in [0, 0.05) is 5.92 Å². The van der Waals surface area contributed by atoms with Gasteiger partial charge in [-0.2, -0.15) is 0 Å². The Balaban J connectivity index is 1.68. The molecule has 145 valence electrons. The molecule has 2 aromatic rings. The summed E-state index contributed by atoms with van der Waals surface area (Å²) in [6, 6.07) is 11.3. The SMILES string of the molecule is CCCC1CC[C](c2ccc(-c3ccc(OC(F)(F)F)c(F)c3)cc2)CC1. The minimum Gasteiger partial charge on any atom is -0.403 e. The van der Waals surface area contributed by atoms with E-state index in [0.29, 0.717) is 5.56 Å². The molecule has 0 saturated heterocycles. The first kappa shape index (κ1) is 19.7. The predicted molar refractivity (Wildman–Crippen MR) is 97.7 cm³/mol. The second kappa shape index (κ2) is 8.32. The molecule has 1 aliphatic carbocycles. The van der Waals surface area contributed by atoms with E-state index in [1.807, 2.05) is 24.3 Å². The van der Waals surface area contributed by atoms with Crippen LogP contribution in [0.5, 0.6) is 5.75 Å². The lowest BCUT2D eigenvalue weighted by molar-refractivity contribution is -0.275. The normalized spacial score (nSPS) is 16.5. The highest BCUT2D eigenvalue weighted by Crippen LogP contribution is 2.37. The molecule has 0 N–H and O–H groups in total. The number of benzene rings is 2. The van der Waals surface area contributed by atoms with E-state index >= 15 is 0 Å². The van der Waals surface area contributed by atoms with Gasteiger partial charge in [-0.05, 0) is 60.4 Å². The fraction of sp³-hybridized carbons (Fsp3) is 0.409. The summed E-state index contributed by atoms with van der Waals surface area (Å²) in [5.74, 6) is 0.437. The summed E-state index contributed by atoms with van der Waals surface area (Å²) in [6.07, 6.45) is 2.32. The average Bonchev–Trinajstić information content (AvgIpc) is 2.63. The molecule has 1 saturated carbocycles. The van der Waals surface area contributed by atoms with Crippen molar-refractivity contribution in [3.8, 4) is 16.9 Å². The minimum absolute atomic E-state index is 0.519. The summed E-state index contributed by atoms with van der Waals surface area (Å²) in [6.45, 7) is 2.22. The lowest BCUT2D eigenvalue weighted by Gasteiger charge is -2.28. The molecule has 5 heteroatoms. The lowest BCUT2D eigenvalue weighted by atomic mass is 9.77. The first-order chi connectivity index (χ1) is 12.9. The molecule has 2 aromatic carbocycles. The second-order valence-corrected chi connectivity index (χ2v) is 7.11. The van der Waals surface area contributed by atoms with Crippen molar-refractivity contribution in [1.82, 2.24) is 0 Å². The lowest BCUT2D eigenvalue weighted by Crippen LogP contribution is -2.17. The third-order valence-electron chi connectivity index (χ3n) is 5.19. The summed E-state index contributed by atoms with van der Waals surface area (Å²) in [5, 5.41) is 0. The van der Waals surface area contributed by atoms with E-state index in [9.17, 15) is 17.6 Å². The highest BCUT2D eigenvalue weighted by atomic mass is 19.4. The van der Waals surface area contributed by atoms with Gasteiger partial charge in [-0.1, -0.05) is 50.1 Å². The van der Waals surface area contributed by atoms with Gasteiger partial charge in [0.1, 0.15) is 0 Å². The molecule has 1 fully saturated rings. The van der Waals surface area contributed by atoms with Gasteiger partial charge in [-0.25, -0.2) is 4.39 Å². The Bertz CT molecular complexity index is 744. The van der Waals surface area contributed by atoms with E-state index in [2.05, 4.69) is 11.7 Å². The van der Waals surface area contributed by atoms with Crippen LogP contribution in [0, 0.1) is 17.7 Å². The monoisotopic (exact) mass is 379 g/mol. The smallest absolute Gasteiger partial charge is 0.403 e. The largest absolute Gasteiger partial charge is 0.573 e. The molecule has 0 atom stereocenters. The third kappa shape index (κ3) is 5.24. The zero-order valence-corrected chi connectivity index (χ0v) is 15.3. The van der Waals surface area contributed by atoms with Crippen molar-refractivity contribution in [2.75, 3.05) is 0 Å². The van der Waals surface area contributed by atoms with E-state index in [1.54, 1.807) is 0 Å². The third-order valence-corrected chi connectivity index (χ3v) is 5.19. The Hall–Kier alpha value is -2.04. The quantitative estimate of drug-likeness (QED) is 0.495. The highest BCUT2D eigenvalue weighted by molar-refractivity contribution is 5.65. The van der Waals surface area contributed by atoms with Gasteiger partial charge < -0.3 is 4.74 Å². The standard InChI is InChI=1S/C22H23F4O/c1-2-3-15-4-6-16(7-5-15)17-8-10-18(11-9-17)19-12-13-21(20(23)14-19)27-22(24,25)26/h8-15H,2-7H2,1H3. The van der Waals surface area contributed by atoms with Crippen LogP contribution in [0.15, 0.2) is 42.5 Å². The van der Waals surface area contributed by atoms with E-state index in [-0.39, 0.29) is 0 Å². The van der Waals surface area contributed by atoms with Crippen LogP contribution >= 0.6 is 0 Å². The Morgan fingerprint density at radius 3 is 2.07 bits per heavy atom. The summed E-state index contributed by atoms with van der Waals surface area (Å²) < 4.78 is 54.3. The number of alkyl halides is 3. The van der Waals surface area contributed by atoms with Gasteiger partial charge >= 0.3 is 6.36 Å². The molecule has 0 unspecified atom stereocenters. The van der Waals surface area contributed by atoms with Gasteiger partial charge in [-0.3, -0.25) is 0 Å². The zero-order chi connectivity index (χ0) is 19.4. The van der Waals surface area contributed by atoms with Crippen LogP contribution in [0.1, 0.15) is 51.0 Å². The van der Waals surface area contributed by atoms with Crippen LogP contribution in [-0.4, -0.2) is 6.36 Å². The fourth-order valence-corrected chi connectivity index (χ4v) is 3.80. The Morgan fingerprint density at radius 1 is 0.926 bits per heavy atom. The summed E-state index contributed by atoms with van der Waals surface area (Å²) in [7, 11) is 0. The Morgan fingerprint density at radius 2 is 1.52 bits per heavy atom. The van der Waals surface area contributed by atoms with E-state index in [0.717, 1.165) is 36.5 Å². The highest BCUT2D eigenvalue weighted by Gasteiger charge is 2.32. The molecule has 1 radical (unpaired) electrons. The number of rotatable bonds is 5. The van der Waals surface area contributed by atoms with Crippen LogP contribution in [-0.2, 0) is 0 Å². The minimum atomic E-state index is -4.91. The molecule has 0 aromatic heterocycles. The molecular formula is C22H23F4O. The van der Waals surface area contributed by atoms with Gasteiger partial charge in [0.25, 0.3) is 0 Å². The molecule has 0 amide bonds. The molecule has 3 rings (SSSR count). The van der Waals surface area contributed by atoms with Crippen molar-refractivity contribution in [1.29, 1.82) is 0 Å². The van der Waals surface area contributed by atoms with Crippen molar-refractivity contribution in [2.45, 2.75) is 51.8 Å². The molecule has 0 aliphatic heterocycles. The van der Waals surface area contributed by atoms with Gasteiger partial charge in [-0.15, -0.1) is 13.2 Å². The topological polar surface area (TPSA) is 9.23 Å². The Kier molecular flexibility index (Phi) is 6.08. The van der Waals surface area contributed by atoms with Crippen LogP contribution in [0.4, 0.5) is 17.6 Å². The van der Waals surface area contributed by atoms with Crippen molar-refractivity contribution >= 4 is 0 Å². The van der Waals surface area contributed by atoms with Gasteiger partial charge in [0.15, 0.2) is 11.6 Å². The first-order valence-electron chi connectivity index (χ1n) is 9.36. The molecule has 1 nitrogen and oxygen atoms in total. The zero-order valence-electron chi connectivity index (χ0n) is 15.3. The molecule has 27 heavy (non-hydrogen) atoms. The summed E-state index contributed by atoms with van der Waals surface area (Å²) >= 11 is 0. The van der Waals surface area contributed by atoms with Crippen LogP contribution in [0.2, 0.25) is 0 Å². The molecule has 0 bridgehead atoms. The number of halogens is 4. The molecule has 0 spiro atoms. The molecule has 0 heterocycles.